The van der Waals surface area contributed by atoms with E-state index in [9.17, 15) is 0 Å². The van der Waals surface area contributed by atoms with E-state index in [1.165, 1.54) is 48.8 Å². The molecule has 0 saturated heterocycles. The zero-order chi connectivity index (χ0) is 13.9. The summed E-state index contributed by atoms with van der Waals surface area (Å²) in [7, 11) is 0. The lowest BCUT2D eigenvalue weighted by molar-refractivity contribution is 0.618. The molecule has 0 bridgehead atoms. The lowest BCUT2D eigenvalue weighted by atomic mass is 10.1. The summed E-state index contributed by atoms with van der Waals surface area (Å²) in [6.07, 6.45) is 9.07. The van der Waals surface area contributed by atoms with Gasteiger partial charge in [0.25, 0.3) is 0 Å². The second-order valence-corrected chi connectivity index (χ2v) is 6.85. The monoisotopic (exact) mass is 289 g/mol. The van der Waals surface area contributed by atoms with E-state index in [1.807, 2.05) is 6.92 Å². The summed E-state index contributed by atoms with van der Waals surface area (Å²) in [6.45, 7) is 4.19. The number of anilines is 1. The quantitative estimate of drug-likeness (QED) is 0.832. The van der Waals surface area contributed by atoms with Gasteiger partial charge < -0.3 is 5.32 Å². The Labute approximate surface area is 124 Å². The zero-order valence-electron chi connectivity index (χ0n) is 12.4. The zero-order valence-corrected chi connectivity index (χ0v) is 13.2. The van der Waals surface area contributed by atoms with Crippen LogP contribution in [0.15, 0.2) is 6.07 Å². The second-order valence-electron chi connectivity index (χ2n) is 5.74. The van der Waals surface area contributed by atoms with E-state index in [4.69, 9.17) is 0 Å². The lowest BCUT2D eigenvalue weighted by Gasteiger charge is -2.17. The molecule has 3 rings (SSSR count). The number of fused-ring (bicyclic) bond motifs is 1. The van der Waals surface area contributed by atoms with Crippen LogP contribution in [0, 0.1) is 6.92 Å². The summed E-state index contributed by atoms with van der Waals surface area (Å²) in [5, 5.41) is 4.91. The Kier molecular flexibility index (Phi) is 4.20. The summed E-state index contributed by atoms with van der Waals surface area (Å²) >= 11 is 1.80. The fraction of sp³-hybridized carbons (Fsp3) is 0.625. The molecule has 0 aliphatic heterocycles. The molecule has 0 spiro atoms. The first-order valence-corrected chi connectivity index (χ1v) is 8.61. The molecule has 4 heteroatoms. The molecule has 1 fully saturated rings. The highest BCUT2D eigenvalue weighted by Gasteiger charge is 2.16. The molecule has 2 aromatic rings. The van der Waals surface area contributed by atoms with Crippen molar-refractivity contribution in [2.45, 2.75) is 64.8 Å². The molecule has 0 aromatic carbocycles. The first-order chi connectivity index (χ1) is 9.76. The van der Waals surface area contributed by atoms with Gasteiger partial charge in [-0.2, -0.15) is 0 Å². The molecule has 20 heavy (non-hydrogen) atoms. The summed E-state index contributed by atoms with van der Waals surface area (Å²) in [5.74, 6) is 1.92. The number of nitrogens with one attached hydrogen (secondary N) is 1. The molecule has 1 N–H and O–H groups in total. The number of aromatic nitrogens is 2. The third kappa shape index (κ3) is 2.95. The van der Waals surface area contributed by atoms with Gasteiger partial charge in [0.2, 0.25) is 0 Å². The van der Waals surface area contributed by atoms with Crippen LogP contribution in [0.1, 0.15) is 56.2 Å². The smallest absolute Gasteiger partial charge is 0.138 e. The Morgan fingerprint density at radius 2 is 1.95 bits per heavy atom. The van der Waals surface area contributed by atoms with Gasteiger partial charge in [0, 0.05) is 10.9 Å². The predicted molar refractivity (Wildman–Crippen MR) is 86.6 cm³/mol. The number of rotatable bonds is 3. The Hall–Kier alpha value is -1.16. The van der Waals surface area contributed by atoms with E-state index in [2.05, 4.69) is 28.3 Å². The van der Waals surface area contributed by atoms with Gasteiger partial charge in [0.05, 0.1) is 5.39 Å². The van der Waals surface area contributed by atoms with Crippen molar-refractivity contribution in [2.24, 2.45) is 0 Å². The summed E-state index contributed by atoms with van der Waals surface area (Å²) in [5.41, 5.74) is 0. The Morgan fingerprint density at radius 1 is 1.20 bits per heavy atom. The molecule has 2 aromatic heterocycles. The molecule has 0 unspecified atom stereocenters. The van der Waals surface area contributed by atoms with E-state index >= 15 is 0 Å². The summed E-state index contributed by atoms with van der Waals surface area (Å²) in [4.78, 5) is 11.8. The van der Waals surface area contributed by atoms with Crippen LogP contribution in [0.4, 0.5) is 5.82 Å². The van der Waals surface area contributed by atoms with Crippen molar-refractivity contribution in [3.8, 4) is 0 Å². The van der Waals surface area contributed by atoms with Crippen molar-refractivity contribution in [2.75, 3.05) is 5.32 Å². The molecular formula is C16H23N3S. The third-order valence-electron chi connectivity index (χ3n) is 4.10. The molecule has 1 aliphatic rings. The van der Waals surface area contributed by atoms with E-state index in [0.717, 1.165) is 22.9 Å². The van der Waals surface area contributed by atoms with Gasteiger partial charge in [-0.3, -0.25) is 0 Å². The van der Waals surface area contributed by atoms with Gasteiger partial charge in [0.1, 0.15) is 16.5 Å². The van der Waals surface area contributed by atoms with E-state index < -0.39 is 0 Å². The molecule has 108 valence electrons. The van der Waals surface area contributed by atoms with Crippen LogP contribution in [0.2, 0.25) is 0 Å². The van der Waals surface area contributed by atoms with Gasteiger partial charge in [-0.25, -0.2) is 9.97 Å². The normalized spacial score (nSPS) is 17.3. The predicted octanol–water partition coefficient (Wildman–Crippen LogP) is 4.70. The summed E-state index contributed by atoms with van der Waals surface area (Å²) in [6, 6.07) is 2.85. The van der Waals surface area contributed by atoms with E-state index in [1.54, 1.807) is 11.3 Å². The van der Waals surface area contributed by atoms with Gasteiger partial charge in [-0.1, -0.05) is 32.6 Å². The van der Waals surface area contributed by atoms with Crippen LogP contribution < -0.4 is 5.32 Å². The maximum Gasteiger partial charge on any atom is 0.138 e. The van der Waals surface area contributed by atoms with Crippen LogP contribution in [-0.4, -0.2) is 16.0 Å². The van der Waals surface area contributed by atoms with Crippen LogP contribution in [0.5, 0.6) is 0 Å². The SMILES string of the molecule is CCc1cc2c(NC3CCCCCC3)nc(C)nc2s1. The number of nitrogens with zero attached hydrogens (tertiary/aromatic N) is 2. The summed E-state index contributed by atoms with van der Waals surface area (Å²) < 4.78 is 0. The third-order valence-corrected chi connectivity index (χ3v) is 5.27. The van der Waals surface area contributed by atoms with Crippen molar-refractivity contribution in [3.63, 3.8) is 0 Å². The van der Waals surface area contributed by atoms with Crippen molar-refractivity contribution in [1.82, 2.24) is 9.97 Å². The van der Waals surface area contributed by atoms with Crippen LogP contribution >= 0.6 is 11.3 Å². The standard InChI is InChI=1S/C16H23N3S/c1-3-13-10-14-15(17-11(2)18-16(14)20-13)19-12-8-6-4-5-7-9-12/h10,12H,3-9H2,1-2H3,(H,17,18,19). The Bertz CT molecular complexity index is 583. The van der Waals surface area contributed by atoms with Crippen LogP contribution in [0.3, 0.4) is 0 Å². The van der Waals surface area contributed by atoms with Gasteiger partial charge >= 0.3 is 0 Å². The fourth-order valence-corrected chi connectivity index (χ4v) is 3.99. The molecule has 0 amide bonds. The van der Waals surface area contributed by atoms with Gasteiger partial charge in [-0.05, 0) is 32.3 Å². The number of aryl methyl sites for hydroxylation is 2. The molecule has 2 heterocycles. The highest BCUT2D eigenvalue weighted by Crippen LogP contribution is 2.31. The molecule has 3 nitrogen and oxygen atoms in total. The fourth-order valence-electron chi connectivity index (χ4n) is 2.98. The molecule has 1 saturated carbocycles. The average Bonchev–Trinajstić information content (AvgIpc) is 2.67. The number of hydrogen-bond acceptors (Lipinski definition) is 4. The van der Waals surface area contributed by atoms with Crippen molar-refractivity contribution in [1.29, 1.82) is 0 Å². The maximum atomic E-state index is 4.66. The van der Waals surface area contributed by atoms with Crippen molar-refractivity contribution < 1.29 is 0 Å². The molecule has 0 atom stereocenters. The molecular weight excluding hydrogens is 266 g/mol. The highest BCUT2D eigenvalue weighted by atomic mass is 32.1. The van der Waals surface area contributed by atoms with Crippen LogP contribution in [0.25, 0.3) is 10.2 Å². The Morgan fingerprint density at radius 3 is 2.65 bits per heavy atom. The van der Waals surface area contributed by atoms with Crippen LogP contribution in [-0.2, 0) is 6.42 Å². The minimum atomic E-state index is 0.583. The van der Waals surface area contributed by atoms with Gasteiger partial charge in [0.15, 0.2) is 0 Å². The highest BCUT2D eigenvalue weighted by molar-refractivity contribution is 7.18. The van der Waals surface area contributed by atoms with E-state index in [-0.39, 0.29) is 0 Å². The molecule has 0 radical (unpaired) electrons. The first-order valence-electron chi connectivity index (χ1n) is 7.80. The number of thiophene rings is 1. The second kappa shape index (κ2) is 6.08. The van der Waals surface area contributed by atoms with Crippen molar-refractivity contribution >= 4 is 27.4 Å². The molecule has 1 aliphatic carbocycles. The van der Waals surface area contributed by atoms with E-state index in [0.29, 0.717) is 6.04 Å². The maximum absolute atomic E-state index is 4.66. The minimum absolute atomic E-state index is 0.583. The minimum Gasteiger partial charge on any atom is -0.367 e. The topological polar surface area (TPSA) is 37.8 Å². The average molecular weight is 289 g/mol. The Balaban J connectivity index is 1.90. The number of hydrogen-bond donors (Lipinski definition) is 1. The largest absolute Gasteiger partial charge is 0.367 e. The lowest BCUT2D eigenvalue weighted by Crippen LogP contribution is -2.19. The first kappa shape index (κ1) is 13.8. The van der Waals surface area contributed by atoms with Gasteiger partial charge in [-0.15, -0.1) is 11.3 Å². The van der Waals surface area contributed by atoms with Crippen molar-refractivity contribution in [3.05, 3.63) is 16.8 Å².